The van der Waals surface area contributed by atoms with Crippen LogP contribution in [0.15, 0.2) is 0 Å². The van der Waals surface area contributed by atoms with Crippen LogP contribution in [-0.4, -0.2) is 23.5 Å². The molecule has 1 atom stereocenters. The van der Waals surface area contributed by atoms with Crippen molar-refractivity contribution in [2.45, 2.75) is 79.7 Å². The van der Waals surface area contributed by atoms with Crippen LogP contribution < -0.4 is 5.32 Å². The van der Waals surface area contributed by atoms with Gasteiger partial charge in [-0.1, -0.05) is 41.5 Å². The molecule has 0 aromatic rings. The molecule has 0 saturated carbocycles. The Bertz CT molecular complexity index is 373. The highest BCUT2D eigenvalue weighted by atomic mass is 16.2. The predicted octanol–water partition coefficient (Wildman–Crippen LogP) is 3.53. The Morgan fingerprint density at radius 3 is 1.82 bits per heavy atom. The second-order valence-corrected chi connectivity index (χ2v) is 7.13. The van der Waals surface area contributed by atoms with Crippen molar-refractivity contribution in [1.29, 1.82) is 0 Å². The average Bonchev–Trinajstić information content (AvgIpc) is 2.40. The summed E-state index contributed by atoms with van der Waals surface area (Å²) < 4.78 is 0. The molecule has 0 aliphatic heterocycles. The zero-order chi connectivity index (χ0) is 17.3. The van der Waals surface area contributed by atoms with Gasteiger partial charge in [-0.2, -0.15) is 0 Å². The molecule has 0 aliphatic carbocycles. The smallest absolute Gasteiger partial charge is 0.220 e. The molecule has 4 heteroatoms. The van der Waals surface area contributed by atoms with Crippen LogP contribution in [0.3, 0.4) is 0 Å². The number of rotatable bonds is 11. The van der Waals surface area contributed by atoms with Crippen LogP contribution >= 0.6 is 0 Å². The van der Waals surface area contributed by atoms with Gasteiger partial charge in [0.05, 0.1) is 6.04 Å². The van der Waals surface area contributed by atoms with Gasteiger partial charge in [0.25, 0.3) is 0 Å². The lowest BCUT2D eigenvalue weighted by Gasteiger charge is -2.21. The molecule has 0 fully saturated rings. The maximum atomic E-state index is 12.1. The molecular weight excluding hydrogens is 278 g/mol. The van der Waals surface area contributed by atoms with E-state index in [0.717, 1.165) is 6.42 Å². The molecule has 0 aromatic heterocycles. The minimum atomic E-state index is -0.384. The molecule has 1 N–H and O–H groups in total. The topological polar surface area (TPSA) is 63.2 Å². The lowest BCUT2D eigenvalue weighted by Crippen LogP contribution is -2.43. The van der Waals surface area contributed by atoms with Crippen molar-refractivity contribution in [2.75, 3.05) is 0 Å². The lowest BCUT2D eigenvalue weighted by atomic mass is 9.94. The van der Waals surface area contributed by atoms with Gasteiger partial charge in [0.1, 0.15) is 5.78 Å². The fourth-order valence-corrected chi connectivity index (χ4v) is 2.26. The molecule has 0 bridgehead atoms. The third-order valence-corrected chi connectivity index (χ3v) is 3.68. The van der Waals surface area contributed by atoms with Crippen LogP contribution in [0.1, 0.15) is 73.6 Å². The van der Waals surface area contributed by atoms with Gasteiger partial charge >= 0.3 is 0 Å². The Labute approximate surface area is 135 Å². The summed E-state index contributed by atoms with van der Waals surface area (Å²) in [6.45, 7) is 11.6. The van der Waals surface area contributed by atoms with Crippen molar-refractivity contribution in [3.05, 3.63) is 0 Å². The maximum absolute atomic E-state index is 12.1. The van der Waals surface area contributed by atoms with E-state index in [1.165, 1.54) is 0 Å². The summed E-state index contributed by atoms with van der Waals surface area (Å²) in [5.74, 6) is 0.596. The number of amides is 1. The number of hydrogen-bond acceptors (Lipinski definition) is 3. The van der Waals surface area contributed by atoms with Gasteiger partial charge in [-0.15, -0.1) is 0 Å². The zero-order valence-electron chi connectivity index (χ0n) is 15.1. The van der Waals surface area contributed by atoms with Gasteiger partial charge in [-0.25, -0.2) is 0 Å². The fourth-order valence-electron chi connectivity index (χ4n) is 2.26. The third kappa shape index (κ3) is 8.96. The highest BCUT2D eigenvalue weighted by Gasteiger charge is 2.23. The minimum Gasteiger partial charge on any atom is -0.346 e. The first kappa shape index (κ1) is 20.8. The summed E-state index contributed by atoms with van der Waals surface area (Å²) in [5, 5.41) is 2.87. The van der Waals surface area contributed by atoms with Gasteiger partial charge < -0.3 is 5.32 Å². The number of hydrogen-bond donors (Lipinski definition) is 1. The molecule has 0 radical (unpaired) electrons. The molecular formula is C18H33NO3. The molecule has 0 heterocycles. The van der Waals surface area contributed by atoms with E-state index in [2.05, 4.69) is 5.32 Å². The van der Waals surface area contributed by atoms with E-state index >= 15 is 0 Å². The summed E-state index contributed by atoms with van der Waals surface area (Å²) in [7, 11) is 0. The molecule has 22 heavy (non-hydrogen) atoms. The second kappa shape index (κ2) is 10.5. The summed E-state index contributed by atoms with van der Waals surface area (Å²) in [6, 6.07) is -0.384. The Balaban J connectivity index is 4.23. The summed E-state index contributed by atoms with van der Waals surface area (Å²) in [5.41, 5.74) is 0. The van der Waals surface area contributed by atoms with E-state index in [-0.39, 0.29) is 35.4 Å². The fraction of sp³-hybridized carbons (Fsp3) is 0.833. The standard InChI is InChI=1S/C18H33NO3/c1-12(2)11-15(18(22)14(5)6)19-17(21)10-8-7-9-16(20)13(3)4/h12-15H,7-11H2,1-6H3,(H,19,21)/t15-/m0/s1. The van der Waals surface area contributed by atoms with Crippen LogP contribution in [0, 0.1) is 17.8 Å². The third-order valence-electron chi connectivity index (χ3n) is 3.68. The number of nitrogens with one attached hydrogen (secondary N) is 1. The summed E-state index contributed by atoms with van der Waals surface area (Å²) >= 11 is 0. The van der Waals surface area contributed by atoms with Gasteiger partial charge in [-0.05, 0) is 25.2 Å². The first-order valence-corrected chi connectivity index (χ1v) is 8.50. The van der Waals surface area contributed by atoms with Crippen LogP contribution in [0.4, 0.5) is 0 Å². The number of carbonyl (C=O) groups is 3. The van der Waals surface area contributed by atoms with Gasteiger partial charge in [0.2, 0.25) is 5.91 Å². The number of unbranched alkanes of at least 4 members (excludes halogenated alkanes) is 1. The Hall–Kier alpha value is -1.19. The van der Waals surface area contributed by atoms with Crippen molar-refractivity contribution in [3.63, 3.8) is 0 Å². The van der Waals surface area contributed by atoms with Gasteiger partial charge in [0, 0.05) is 24.7 Å². The van der Waals surface area contributed by atoms with Gasteiger partial charge in [-0.3, -0.25) is 14.4 Å². The lowest BCUT2D eigenvalue weighted by molar-refractivity contribution is -0.130. The van der Waals surface area contributed by atoms with E-state index in [4.69, 9.17) is 0 Å². The van der Waals surface area contributed by atoms with E-state index in [1.807, 2.05) is 41.5 Å². The first-order chi connectivity index (χ1) is 10.1. The SMILES string of the molecule is CC(C)C[C@H](NC(=O)CCCCC(=O)C(C)C)C(=O)C(C)C. The first-order valence-electron chi connectivity index (χ1n) is 8.50. The predicted molar refractivity (Wildman–Crippen MR) is 89.5 cm³/mol. The normalized spacial score (nSPS) is 12.8. The molecule has 0 saturated heterocycles. The summed E-state index contributed by atoms with van der Waals surface area (Å²) in [4.78, 5) is 35.6. The Morgan fingerprint density at radius 2 is 1.36 bits per heavy atom. The van der Waals surface area contributed by atoms with Crippen LogP contribution in [0.2, 0.25) is 0 Å². The van der Waals surface area contributed by atoms with Crippen LogP contribution in [0.5, 0.6) is 0 Å². The Morgan fingerprint density at radius 1 is 0.818 bits per heavy atom. The number of Topliss-reactive ketones (excluding diaryl/α,β-unsaturated/α-hetero) is 2. The molecule has 0 aromatic carbocycles. The zero-order valence-corrected chi connectivity index (χ0v) is 15.1. The second-order valence-electron chi connectivity index (χ2n) is 7.13. The highest BCUT2D eigenvalue weighted by Crippen LogP contribution is 2.11. The molecule has 0 aliphatic rings. The quantitative estimate of drug-likeness (QED) is 0.594. The van der Waals surface area contributed by atoms with E-state index < -0.39 is 0 Å². The number of carbonyl (C=O) groups excluding carboxylic acids is 3. The maximum Gasteiger partial charge on any atom is 0.220 e. The largest absolute Gasteiger partial charge is 0.346 e. The molecule has 0 unspecified atom stereocenters. The number of ketones is 2. The van der Waals surface area contributed by atoms with Crippen molar-refractivity contribution < 1.29 is 14.4 Å². The molecule has 128 valence electrons. The van der Waals surface area contributed by atoms with Crippen LogP contribution in [0.25, 0.3) is 0 Å². The van der Waals surface area contributed by atoms with Crippen molar-refractivity contribution in [2.24, 2.45) is 17.8 Å². The van der Waals surface area contributed by atoms with Gasteiger partial charge in [0.15, 0.2) is 5.78 Å². The molecule has 1 amide bonds. The van der Waals surface area contributed by atoms with Crippen molar-refractivity contribution in [1.82, 2.24) is 5.32 Å². The van der Waals surface area contributed by atoms with Crippen LogP contribution in [-0.2, 0) is 14.4 Å². The Kier molecular flexibility index (Phi) is 9.95. The van der Waals surface area contributed by atoms with E-state index in [0.29, 0.717) is 31.6 Å². The highest BCUT2D eigenvalue weighted by molar-refractivity contribution is 5.90. The average molecular weight is 311 g/mol. The van der Waals surface area contributed by atoms with E-state index in [9.17, 15) is 14.4 Å². The molecule has 4 nitrogen and oxygen atoms in total. The molecule has 0 spiro atoms. The van der Waals surface area contributed by atoms with E-state index in [1.54, 1.807) is 0 Å². The summed E-state index contributed by atoms with van der Waals surface area (Å²) in [6.07, 6.45) is 3.01. The van der Waals surface area contributed by atoms with Crippen molar-refractivity contribution in [3.8, 4) is 0 Å². The minimum absolute atomic E-state index is 0.0629. The monoisotopic (exact) mass is 311 g/mol. The van der Waals surface area contributed by atoms with Crippen molar-refractivity contribution >= 4 is 17.5 Å². The molecule has 0 rings (SSSR count).